The number of nitrogens with zero attached hydrogens (tertiary/aromatic N) is 1. The van der Waals surface area contributed by atoms with Crippen LogP contribution in [0.25, 0.3) is 0 Å². The molecule has 2 rings (SSSR count). The molecule has 0 bridgehead atoms. The van der Waals surface area contributed by atoms with E-state index in [9.17, 15) is 0 Å². The van der Waals surface area contributed by atoms with E-state index in [4.69, 9.17) is 5.73 Å². The van der Waals surface area contributed by atoms with Gasteiger partial charge >= 0.3 is 0 Å². The van der Waals surface area contributed by atoms with E-state index in [1.165, 1.54) is 0 Å². The monoisotopic (exact) mass is 308 g/mol. The summed E-state index contributed by atoms with van der Waals surface area (Å²) >= 11 is 5.10. The highest BCUT2D eigenvalue weighted by molar-refractivity contribution is 9.10. The van der Waals surface area contributed by atoms with Crippen LogP contribution in [0.15, 0.2) is 57.0 Å². The lowest BCUT2D eigenvalue weighted by Crippen LogP contribution is -2.07. The molecule has 0 aliphatic heterocycles. The van der Waals surface area contributed by atoms with E-state index in [2.05, 4.69) is 33.0 Å². The maximum absolute atomic E-state index is 5.94. The maximum Gasteiger partial charge on any atom is 0.105 e. The molecule has 1 aromatic heterocycles. The largest absolute Gasteiger partial charge is 0.324 e. The molecule has 0 amide bonds. The van der Waals surface area contributed by atoms with Crippen molar-refractivity contribution in [3.63, 3.8) is 0 Å². The quantitative estimate of drug-likeness (QED) is 0.931. The van der Waals surface area contributed by atoms with Crippen LogP contribution in [-0.2, 0) is 0 Å². The van der Waals surface area contributed by atoms with Crippen molar-refractivity contribution in [3.8, 4) is 0 Å². The molecule has 0 radical (unpaired) electrons. The minimum atomic E-state index is -0.00153. The third kappa shape index (κ3) is 3.31. The number of rotatable bonds is 3. The van der Waals surface area contributed by atoms with E-state index in [1.54, 1.807) is 18.0 Å². The van der Waals surface area contributed by atoms with Gasteiger partial charge in [0.1, 0.15) is 5.03 Å². The fraction of sp³-hybridized carbons (Fsp3) is 0.154. The maximum atomic E-state index is 5.94. The Bertz CT molecular complexity index is 514. The van der Waals surface area contributed by atoms with Gasteiger partial charge in [-0.3, -0.25) is 0 Å². The first kappa shape index (κ1) is 12.6. The van der Waals surface area contributed by atoms with Crippen LogP contribution in [0.1, 0.15) is 18.5 Å². The van der Waals surface area contributed by atoms with Crippen LogP contribution in [0.4, 0.5) is 0 Å². The average Bonchev–Trinajstić information content (AvgIpc) is 2.29. The number of halogens is 1. The molecule has 88 valence electrons. The predicted octanol–water partition coefficient (Wildman–Crippen LogP) is 4.02. The van der Waals surface area contributed by atoms with Crippen molar-refractivity contribution in [1.82, 2.24) is 4.98 Å². The number of pyridine rings is 1. The van der Waals surface area contributed by atoms with Gasteiger partial charge in [0.15, 0.2) is 0 Å². The molecule has 0 saturated heterocycles. The summed E-state index contributed by atoms with van der Waals surface area (Å²) in [5, 5.41) is 0.973. The van der Waals surface area contributed by atoms with E-state index in [1.807, 2.05) is 31.2 Å². The zero-order chi connectivity index (χ0) is 12.3. The molecule has 17 heavy (non-hydrogen) atoms. The molecule has 4 heteroatoms. The Balaban J connectivity index is 2.30. The summed E-state index contributed by atoms with van der Waals surface area (Å²) in [5.74, 6) is 0. The molecular formula is C13H13BrN2S. The summed E-state index contributed by atoms with van der Waals surface area (Å²) in [6.45, 7) is 1.97. The van der Waals surface area contributed by atoms with Gasteiger partial charge in [0.05, 0.1) is 0 Å². The van der Waals surface area contributed by atoms with Crippen LogP contribution in [0.5, 0.6) is 0 Å². The summed E-state index contributed by atoms with van der Waals surface area (Å²) in [6, 6.07) is 12.1. The van der Waals surface area contributed by atoms with Crippen LogP contribution in [0.2, 0.25) is 0 Å². The molecule has 0 spiro atoms. The van der Waals surface area contributed by atoms with Gasteiger partial charge in [0, 0.05) is 27.2 Å². The van der Waals surface area contributed by atoms with Crippen LogP contribution in [0.3, 0.4) is 0 Å². The third-order valence-electron chi connectivity index (χ3n) is 2.30. The topological polar surface area (TPSA) is 38.9 Å². The predicted molar refractivity (Wildman–Crippen MR) is 75.1 cm³/mol. The molecular weight excluding hydrogens is 296 g/mol. The molecule has 0 unspecified atom stereocenters. The molecule has 2 nitrogen and oxygen atoms in total. The molecule has 2 N–H and O–H groups in total. The Morgan fingerprint density at radius 3 is 2.82 bits per heavy atom. The summed E-state index contributed by atoms with van der Waals surface area (Å²) in [6.07, 6.45) is 1.80. The van der Waals surface area contributed by atoms with Gasteiger partial charge in [-0.1, -0.05) is 39.8 Å². The van der Waals surface area contributed by atoms with Crippen molar-refractivity contribution in [2.75, 3.05) is 0 Å². The van der Waals surface area contributed by atoms with E-state index in [-0.39, 0.29) is 6.04 Å². The fourth-order valence-electron chi connectivity index (χ4n) is 1.48. The summed E-state index contributed by atoms with van der Waals surface area (Å²) in [5.41, 5.74) is 7.02. The smallest absolute Gasteiger partial charge is 0.105 e. The Morgan fingerprint density at radius 2 is 2.12 bits per heavy atom. The first-order valence-corrected chi connectivity index (χ1v) is 6.91. The minimum Gasteiger partial charge on any atom is -0.324 e. The van der Waals surface area contributed by atoms with E-state index < -0.39 is 0 Å². The van der Waals surface area contributed by atoms with Crippen LogP contribution in [0, 0.1) is 0 Å². The van der Waals surface area contributed by atoms with Crippen LogP contribution >= 0.6 is 27.7 Å². The van der Waals surface area contributed by atoms with Crippen LogP contribution in [-0.4, -0.2) is 4.98 Å². The molecule has 0 aliphatic carbocycles. The number of hydrogen-bond acceptors (Lipinski definition) is 3. The summed E-state index contributed by atoms with van der Waals surface area (Å²) < 4.78 is 1.07. The van der Waals surface area contributed by atoms with E-state index in [0.717, 1.165) is 20.0 Å². The van der Waals surface area contributed by atoms with Gasteiger partial charge in [-0.25, -0.2) is 4.98 Å². The highest BCUT2D eigenvalue weighted by Gasteiger charge is 2.09. The summed E-state index contributed by atoms with van der Waals surface area (Å²) in [7, 11) is 0. The van der Waals surface area contributed by atoms with Crippen molar-refractivity contribution in [2.24, 2.45) is 5.73 Å². The van der Waals surface area contributed by atoms with Gasteiger partial charge in [0.2, 0.25) is 0 Å². The highest BCUT2D eigenvalue weighted by atomic mass is 79.9. The van der Waals surface area contributed by atoms with Gasteiger partial charge in [0.25, 0.3) is 0 Å². The molecule has 1 atom stereocenters. The molecule has 0 aliphatic rings. The third-order valence-corrected chi connectivity index (χ3v) is 3.82. The lowest BCUT2D eigenvalue weighted by Gasteiger charge is -2.10. The fourth-order valence-corrected chi connectivity index (χ4v) is 3.07. The average molecular weight is 309 g/mol. The minimum absolute atomic E-state index is 0.00153. The normalized spacial score (nSPS) is 12.4. The molecule has 1 heterocycles. The van der Waals surface area contributed by atoms with Gasteiger partial charge in [-0.05, 0) is 31.2 Å². The molecule has 1 aromatic carbocycles. The van der Waals surface area contributed by atoms with E-state index >= 15 is 0 Å². The first-order chi connectivity index (χ1) is 8.16. The van der Waals surface area contributed by atoms with Crippen LogP contribution < -0.4 is 5.73 Å². The second kappa shape index (κ2) is 5.67. The lowest BCUT2D eigenvalue weighted by atomic mass is 10.2. The zero-order valence-electron chi connectivity index (χ0n) is 9.43. The Labute approximate surface area is 114 Å². The van der Waals surface area contributed by atoms with Gasteiger partial charge in [-0.15, -0.1) is 0 Å². The second-order valence-electron chi connectivity index (χ2n) is 3.75. The van der Waals surface area contributed by atoms with Crippen molar-refractivity contribution in [1.29, 1.82) is 0 Å². The Morgan fingerprint density at radius 1 is 1.29 bits per heavy atom. The first-order valence-electron chi connectivity index (χ1n) is 5.31. The van der Waals surface area contributed by atoms with Gasteiger partial charge in [-0.2, -0.15) is 0 Å². The number of hydrogen-bond donors (Lipinski definition) is 1. The van der Waals surface area contributed by atoms with Crippen molar-refractivity contribution >= 4 is 27.7 Å². The summed E-state index contributed by atoms with van der Waals surface area (Å²) in [4.78, 5) is 5.55. The molecule has 0 fully saturated rings. The highest BCUT2D eigenvalue weighted by Crippen LogP contribution is 2.31. The number of nitrogens with two attached hydrogens (primary N) is 1. The van der Waals surface area contributed by atoms with E-state index in [0.29, 0.717) is 0 Å². The van der Waals surface area contributed by atoms with Crippen molar-refractivity contribution in [3.05, 3.63) is 52.6 Å². The van der Waals surface area contributed by atoms with Crippen molar-refractivity contribution < 1.29 is 0 Å². The zero-order valence-corrected chi connectivity index (χ0v) is 11.8. The lowest BCUT2D eigenvalue weighted by molar-refractivity contribution is 0.779. The SMILES string of the molecule is C[C@@H](N)c1cccnc1Sc1cccc(Br)c1. The molecule has 0 saturated carbocycles. The standard InChI is InChI=1S/C13H13BrN2S/c1-9(15)12-6-3-7-16-13(12)17-11-5-2-4-10(14)8-11/h2-9H,15H2,1H3/t9-/m1/s1. The van der Waals surface area contributed by atoms with Crippen molar-refractivity contribution in [2.45, 2.75) is 22.9 Å². The number of aromatic nitrogens is 1. The Kier molecular flexibility index (Phi) is 4.20. The molecule has 2 aromatic rings. The Hall–Kier alpha value is -0.840. The number of benzene rings is 1. The van der Waals surface area contributed by atoms with Gasteiger partial charge < -0.3 is 5.73 Å². The second-order valence-corrected chi connectivity index (χ2v) is 5.72.